The molecule has 0 fully saturated rings. The number of carbonyl (C=O) groups is 2. The van der Waals surface area contributed by atoms with Gasteiger partial charge in [-0.3, -0.25) is 4.79 Å². The van der Waals surface area contributed by atoms with E-state index in [1.807, 2.05) is 24.3 Å². The minimum atomic E-state index is -0.581. The number of carbonyl (C=O) groups excluding carboxylic acids is 2. The Balaban J connectivity index is 2.83. The van der Waals surface area contributed by atoms with Crippen LogP contribution in [0.4, 0.5) is 5.69 Å². The number of anilines is 1. The van der Waals surface area contributed by atoms with Crippen molar-refractivity contribution in [3.63, 3.8) is 0 Å². The van der Waals surface area contributed by atoms with E-state index in [4.69, 9.17) is 4.74 Å². The first-order valence-corrected chi connectivity index (χ1v) is 8.87. The zero-order valence-electron chi connectivity index (χ0n) is 16.0. The molecule has 0 atom stereocenters. The number of ketones is 1. The Bertz CT molecular complexity index is 605. The summed E-state index contributed by atoms with van der Waals surface area (Å²) in [4.78, 5) is 26.2. The van der Waals surface area contributed by atoms with Crippen LogP contribution in [0.1, 0.15) is 40.2 Å². The number of benzene rings is 1. The SMILES string of the molecule is CCN(CC)CCNc1cccc(/C=C(\C(C)=O)C(=O)OC(C)C)c1. The Morgan fingerprint density at radius 3 is 2.48 bits per heavy atom. The first-order valence-electron chi connectivity index (χ1n) is 8.87. The molecule has 5 heteroatoms. The van der Waals surface area contributed by atoms with Crippen molar-refractivity contribution in [3.8, 4) is 0 Å². The molecule has 5 nitrogen and oxygen atoms in total. The molecule has 1 rings (SSSR count). The molecule has 0 bridgehead atoms. The third kappa shape index (κ3) is 7.52. The van der Waals surface area contributed by atoms with Crippen LogP contribution in [0.25, 0.3) is 6.08 Å². The van der Waals surface area contributed by atoms with E-state index in [1.54, 1.807) is 19.9 Å². The second kappa shape index (κ2) is 10.7. The van der Waals surface area contributed by atoms with Gasteiger partial charge in [0.1, 0.15) is 5.57 Å². The molecule has 0 aliphatic heterocycles. The van der Waals surface area contributed by atoms with Gasteiger partial charge in [-0.15, -0.1) is 0 Å². The van der Waals surface area contributed by atoms with Gasteiger partial charge in [0.05, 0.1) is 6.10 Å². The topological polar surface area (TPSA) is 58.6 Å². The first-order chi connectivity index (χ1) is 11.9. The van der Waals surface area contributed by atoms with E-state index >= 15 is 0 Å². The maximum absolute atomic E-state index is 12.1. The monoisotopic (exact) mass is 346 g/mol. The fourth-order valence-electron chi connectivity index (χ4n) is 2.39. The van der Waals surface area contributed by atoms with E-state index < -0.39 is 5.97 Å². The molecule has 0 saturated heterocycles. The fraction of sp³-hybridized carbons (Fsp3) is 0.500. The number of Topliss-reactive ketones (excluding diaryl/α,β-unsaturated/α-hetero) is 1. The molecular formula is C20H30N2O3. The van der Waals surface area contributed by atoms with Gasteiger partial charge in [-0.1, -0.05) is 26.0 Å². The van der Waals surface area contributed by atoms with Crippen LogP contribution in [-0.4, -0.2) is 48.9 Å². The predicted molar refractivity (Wildman–Crippen MR) is 103 cm³/mol. The molecule has 25 heavy (non-hydrogen) atoms. The molecule has 0 spiro atoms. The van der Waals surface area contributed by atoms with Crippen molar-refractivity contribution < 1.29 is 14.3 Å². The Kier molecular flexibility index (Phi) is 8.92. The van der Waals surface area contributed by atoms with Crippen LogP contribution in [0.3, 0.4) is 0 Å². The highest BCUT2D eigenvalue weighted by Crippen LogP contribution is 2.15. The maximum atomic E-state index is 12.1. The number of ether oxygens (including phenoxy) is 1. The lowest BCUT2D eigenvalue weighted by Gasteiger charge is -2.18. The number of nitrogens with zero attached hydrogens (tertiary/aromatic N) is 1. The second-order valence-corrected chi connectivity index (χ2v) is 6.15. The summed E-state index contributed by atoms with van der Waals surface area (Å²) in [5, 5.41) is 3.38. The van der Waals surface area contributed by atoms with Gasteiger partial charge in [0.2, 0.25) is 0 Å². The van der Waals surface area contributed by atoms with Gasteiger partial charge in [0, 0.05) is 18.8 Å². The van der Waals surface area contributed by atoms with Crippen LogP contribution in [0.5, 0.6) is 0 Å². The number of hydrogen-bond donors (Lipinski definition) is 1. The highest BCUT2D eigenvalue weighted by Gasteiger charge is 2.17. The molecule has 0 aliphatic carbocycles. The minimum absolute atomic E-state index is 0.0639. The zero-order valence-corrected chi connectivity index (χ0v) is 16.0. The molecule has 0 heterocycles. The van der Waals surface area contributed by atoms with E-state index in [9.17, 15) is 9.59 Å². The normalized spacial score (nSPS) is 11.7. The first kappa shape index (κ1) is 20.9. The minimum Gasteiger partial charge on any atom is -0.459 e. The number of rotatable bonds is 10. The average molecular weight is 346 g/mol. The van der Waals surface area contributed by atoms with E-state index in [1.165, 1.54) is 6.92 Å². The molecule has 0 saturated carbocycles. The van der Waals surface area contributed by atoms with Crippen molar-refractivity contribution in [2.24, 2.45) is 0 Å². The molecule has 0 unspecified atom stereocenters. The van der Waals surface area contributed by atoms with Crippen molar-refractivity contribution in [3.05, 3.63) is 35.4 Å². The van der Waals surface area contributed by atoms with Crippen molar-refractivity contribution in [1.29, 1.82) is 0 Å². The summed E-state index contributed by atoms with van der Waals surface area (Å²) in [6, 6.07) is 7.66. The van der Waals surface area contributed by atoms with Crippen LogP contribution in [0.15, 0.2) is 29.8 Å². The summed E-state index contributed by atoms with van der Waals surface area (Å²) in [6.07, 6.45) is 1.33. The molecular weight excluding hydrogens is 316 g/mol. The van der Waals surface area contributed by atoms with Crippen molar-refractivity contribution in [1.82, 2.24) is 4.90 Å². The lowest BCUT2D eigenvalue weighted by Crippen LogP contribution is -2.28. The van der Waals surface area contributed by atoms with Gasteiger partial charge in [-0.2, -0.15) is 0 Å². The van der Waals surface area contributed by atoms with E-state index in [2.05, 4.69) is 24.1 Å². The molecule has 138 valence electrons. The van der Waals surface area contributed by atoms with Gasteiger partial charge in [0.15, 0.2) is 5.78 Å². The Morgan fingerprint density at radius 2 is 1.92 bits per heavy atom. The van der Waals surface area contributed by atoms with E-state index in [0.717, 1.165) is 37.4 Å². The number of nitrogens with one attached hydrogen (secondary N) is 1. The van der Waals surface area contributed by atoms with E-state index in [-0.39, 0.29) is 17.5 Å². The summed E-state index contributed by atoms with van der Waals surface area (Å²) < 4.78 is 5.14. The van der Waals surface area contributed by atoms with Crippen molar-refractivity contribution >= 4 is 23.5 Å². The van der Waals surface area contributed by atoms with Crippen LogP contribution in [-0.2, 0) is 14.3 Å². The van der Waals surface area contributed by atoms with Gasteiger partial charge in [-0.05, 0) is 57.6 Å². The van der Waals surface area contributed by atoms with Crippen molar-refractivity contribution in [2.45, 2.75) is 40.7 Å². The Labute approximate surface area is 151 Å². The number of likely N-dealkylation sites (N-methyl/N-ethyl adjacent to an activating group) is 1. The van der Waals surface area contributed by atoms with Crippen LogP contribution in [0, 0.1) is 0 Å². The molecule has 1 aromatic carbocycles. The summed E-state index contributed by atoms with van der Waals surface area (Å²) in [7, 11) is 0. The highest BCUT2D eigenvalue weighted by molar-refractivity contribution is 6.19. The summed E-state index contributed by atoms with van der Waals surface area (Å²) in [5.41, 5.74) is 1.81. The Morgan fingerprint density at radius 1 is 1.24 bits per heavy atom. The van der Waals surface area contributed by atoms with Gasteiger partial charge in [-0.25, -0.2) is 4.79 Å². The molecule has 0 radical (unpaired) electrons. The molecule has 1 N–H and O–H groups in total. The number of hydrogen-bond acceptors (Lipinski definition) is 5. The predicted octanol–water partition coefficient (Wildman–Crippen LogP) is 3.36. The van der Waals surface area contributed by atoms with Gasteiger partial charge < -0.3 is 15.0 Å². The van der Waals surface area contributed by atoms with Gasteiger partial charge >= 0.3 is 5.97 Å². The van der Waals surface area contributed by atoms with Crippen LogP contribution >= 0.6 is 0 Å². The van der Waals surface area contributed by atoms with Crippen LogP contribution < -0.4 is 5.32 Å². The standard InChI is InChI=1S/C20H30N2O3/c1-6-22(7-2)12-11-21-18-10-8-9-17(13-18)14-19(16(5)23)20(24)25-15(3)4/h8-10,13-15,21H,6-7,11-12H2,1-5H3/b19-14+. The average Bonchev–Trinajstić information content (AvgIpc) is 2.56. The molecule has 1 aromatic rings. The smallest absolute Gasteiger partial charge is 0.342 e. The van der Waals surface area contributed by atoms with Crippen molar-refractivity contribution in [2.75, 3.05) is 31.5 Å². The van der Waals surface area contributed by atoms with Crippen LogP contribution in [0.2, 0.25) is 0 Å². The maximum Gasteiger partial charge on any atom is 0.342 e. The second-order valence-electron chi connectivity index (χ2n) is 6.15. The highest BCUT2D eigenvalue weighted by atomic mass is 16.5. The molecule has 0 aromatic heterocycles. The lowest BCUT2D eigenvalue weighted by atomic mass is 10.1. The third-order valence-electron chi connectivity index (χ3n) is 3.79. The quantitative estimate of drug-likeness (QED) is 0.305. The number of esters is 1. The molecule has 0 aliphatic rings. The zero-order chi connectivity index (χ0) is 18.8. The lowest BCUT2D eigenvalue weighted by molar-refractivity contribution is -0.143. The summed E-state index contributed by atoms with van der Waals surface area (Å²) >= 11 is 0. The summed E-state index contributed by atoms with van der Waals surface area (Å²) in [6.45, 7) is 13.0. The summed E-state index contributed by atoms with van der Waals surface area (Å²) in [5.74, 6) is -0.882. The fourth-order valence-corrected chi connectivity index (χ4v) is 2.39. The largest absolute Gasteiger partial charge is 0.459 e. The molecule has 0 amide bonds. The Hall–Kier alpha value is -2.14. The third-order valence-corrected chi connectivity index (χ3v) is 3.79. The van der Waals surface area contributed by atoms with E-state index in [0.29, 0.717) is 0 Å². The van der Waals surface area contributed by atoms with Gasteiger partial charge in [0.25, 0.3) is 0 Å².